The van der Waals surface area contributed by atoms with E-state index in [1.807, 2.05) is 6.07 Å². The van der Waals surface area contributed by atoms with Crippen LogP contribution in [-0.2, 0) is 19.1 Å². The first-order chi connectivity index (χ1) is 17.8. The number of nitrogens with zero attached hydrogens (tertiary/aromatic N) is 3. The molecule has 11 nitrogen and oxygen atoms in total. The monoisotopic (exact) mass is 501 g/mol. The number of nitrogens with one attached hydrogen (secondary N) is 2. The smallest absolute Gasteiger partial charge is 0.272 e. The number of amides is 3. The standard InChI is InChI=1S/C26H23N5O6/c1-15(25(34)30-8-10-36-11-9-30)28-24(33)16(2)31-14-27-23-18(4-3-5-19(23)26(31)35)17-6-7-20-21(12-17)37-13-22(32)29-20/h3-7,12,14H,1-2,8-11,13H2,(H,28,33)(H,29,32). The molecule has 0 saturated carbocycles. The quantitative estimate of drug-likeness (QED) is 0.505. The van der Waals surface area contributed by atoms with Crippen LogP contribution in [0.5, 0.6) is 5.75 Å². The molecule has 2 N–H and O–H groups in total. The molecule has 188 valence electrons. The predicted octanol–water partition coefficient (Wildman–Crippen LogP) is 1.35. The zero-order chi connectivity index (χ0) is 26.1. The third kappa shape index (κ3) is 4.59. The number of ether oxygens (including phenoxy) is 2. The number of hydrogen-bond acceptors (Lipinski definition) is 7. The highest BCUT2D eigenvalue weighted by Crippen LogP contribution is 2.34. The van der Waals surface area contributed by atoms with Crippen molar-refractivity contribution in [2.75, 3.05) is 38.2 Å². The summed E-state index contributed by atoms with van der Waals surface area (Å²) in [5, 5.41) is 5.43. The van der Waals surface area contributed by atoms with Crippen LogP contribution in [-0.4, -0.2) is 65.1 Å². The van der Waals surface area contributed by atoms with Crippen molar-refractivity contribution >= 4 is 40.0 Å². The van der Waals surface area contributed by atoms with Crippen LogP contribution in [0.4, 0.5) is 5.69 Å². The number of carbonyl (C=O) groups is 3. The fourth-order valence-electron chi connectivity index (χ4n) is 4.15. The predicted molar refractivity (Wildman–Crippen MR) is 136 cm³/mol. The van der Waals surface area contributed by atoms with E-state index >= 15 is 0 Å². The van der Waals surface area contributed by atoms with Crippen LogP contribution >= 0.6 is 0 Å². The van der Waals surface area contributed by atoms with Crippen molar-refractivity contribution in [3.8, 4) is 16.9 Å². The second kappa shape index (κ2) is 9.70. The van der Waals surface area contributed by atoms with E-state index in [9.17, 15) is 19.2 Å². The van der Waals surface area contributed by atoms with E-state index in [0.717, 1.165) is 10.1 Å². The Morgan fingerprint density at radius 2 is 1.86 bits per heavy atom. The number of aromatic nitrogens is 2. The molecule has 0 spiro atoms. The highest BCUT2D eigenvalue weighted by molar-refractivity contribution is 6.15. The minimum absolute atomic E-state index is 0.0798. The third-order valence-electron chi connectivity index (χ3n) is 6.09. The molecule has 11 heteroatoms. The average molecular weight is 501 g/mol. The van der Waals surface area contributed by atoms with Gasteiger partial charge in [-0.1, -0.05) is 31.4 Å². The fraction of sp³-hybridized carbons (Fsp3) is 0.192. The summed E-state index contributed by atoms with van der Waals surface area (Å²) >= 11 is 0. The van der Waals surface area contributed by atoms with Crippen molar-refractivity contribution < 1.29 is 23.9 Å². The maximum atomic E-state index is 13.3. The molecule has 2 aliphatic heterocycles. The summed E-state index contributed by atoms with van der Waals surface area (Å²) in [7, 11) is 0. The first kappa shape index (κ1) is 23.9. The number of benzene rings is 2. The Bertz CT molecular complexity index is 1540. The van der Waals surface area contributed by atoms with Gasteiger partial charge in [-0.2, -0.15) is 0 Å². The topological polar surface area (TPSA) is 132 Å². The second-order valence-electron chi connectivity index (χ2n) is 8.45. The summed E-state index contributed by atoms with van der Waals surface area (Å²) in [6.45, 7) is 8.92. The molecule has 3 amide bonds. The van der Waals surface area contributed by atoms with Crippen molar-refractivity contribution in [1.29, 1.82) is 0 Å². The van der Waals surface area contributed by atoms with Crippen LogP contribution in [0.15, 0.2) is 66.4 Å². The van der Waals surface area contributed by atoms with Crippen molar-refractivity contribution in [2.45, 2.75) is 0 Å². The molecule has 0 radical (unpaired) electrons. The van der Waals surface area contributed by atoms with Gasteiger partial charge in [0, 0.05) is 18.7 Å². The van der Waals surface area contributed by atoms with E-state index in [0.29, 0.717) is 48.8 Å². The number of hydrogen-bond donors (Lipinski definition) is 2. The van der Waals surface area contributed by atoms with Gasteiger partial charge in [-0.3, -0.25) is 23.7 Å². The molecular formula is C26H23N5O6. The highest BCUT2D eigenvalue weighted by atomic mass is 16.5. The van der Waals surface area contributed by atoms with Gasteiger partial charge in [-0.05, 0) is 23.8 Å². The Balaban J connectivity index is 1.40. The Morgan fingerprint density at radius 3 is 2.65 bits per heavy atom. The summed E-state index contributed by atoms with van der Waals surface area (Å²) in [5.74, 6) is -0.892. The number of anilines is 1. The molecule has 1 saturated heterocycles. The van der Waals surface area contributed by atoms with Crippen LogP contribution < -0.4 is 20.9 Å². The third-order valence-corrected chi connectivity index (χ3v) is 6.09. The molecule has 0 aliphatic carbocycles. The number of carbonyl (C=O) groups excluding carboxylic acids is 3. The van der Waals surface area contributed by atoms with Gasteiger partial charge in [0.05, 0.1) is 35.5 Å². The van der Waals surface area contributed by atoms with E-state index in [4.69, 9.17) is 9.47 Å². The van der Waals surface area contributed by atoms with Gasteiger partial charge in [0.15, 0.2) is 6.61 Å². The lowest BCUT2D eigenvalue weighted by molar-refractivity contribution is -0.132. The normalized spacial score (nSPS) is 14.8. The Hall–Kier alpha value is -4.77. The molecule has 0 atom stereocenters. The van der Waals surface area contributed by atoms with Gasteiger partial charge in [0.2, 0.25) is 0 Å². The minimum atomic E-state index is -0.750. The van der Waals surface area contributed by atoms with Crippen LogP contribution in [0, 0.1) is 0 Å². The van der Waals surface area contributed by atoms with Gasteiger partial charge >= 0.3 is 0 Å². The van der Waals surface area contributed by atoms with E-state index in [1.165, 1.54) is 11.2 Å². The van der Waals surface area contributed by atoms with Crippen molar-refractivity contribution in [1.82, 2.24) is 19.8 Å². The summed E-state index contributed by atoms with van der Waals surface area (Å²) in [6, 6.07) is 10.4. The first-order valence-electron chi connectivity index (χ1n) is 11.5. The molecular weight excluding hydrogens is 478 g/mol. The van der Waals surface area contributed by atoms with Crippen molar-refractivity contribution in [3.63, 3.8) is 0 Å². The van der Waals surface area contributed by atoms with Crippen LogP contribution in [0.2, 0.25) is 0 Å². The Morgan fingerprint density at radius 1 is 1.08 bits per heavy atom. The minimum Gasteiger partial charge on any atom is -0.482 e. The van der Waals surface area contributed by atoms with E-state index < -0.39 is 17.4 Å². The molecule has 37 heavy (non-hydrogen) atoms. The van der Waals surface area contributed by atoms with Crippen molar-refractivity contribution in [2.24, 2.45) is 0 Å². The largest absolute Gasteiger partial charge is 0.482 e. The highest BCUT2D eigenvalue weighted by Gasteiger charge is 2.23. The summed E-state index contributed by atoms with van der Waals surface area (Å²) in [5.41, 5.74) is 1.56. The number of para-hydroxylation sites is 1. The van der Waals surface area contributed by atoms with Gasteiger partial charge in [0.1, 0.15) is 17.8 Å². The van der Waals surface area contributed by atoms with Gasteiger partial charge in [-0.15, -0.1) is 0 Å². The number of morpholine rings is 1. The molecule has 3 aromatic rings. The van der Waals surface area contributed by atoms with Gasteiger partial charge in [-0.25, -0.2) is 4.98 Å². The summed E-state index contributed by atoms with van der Waals surface area (Å²) < 4.78 is 11.8. The van der Waals surface area contributed by atoms with Crippen LogP contribution in [0.1, 0.15) is 0 Å². The zero-order valence-electron chi connectivity index (χ0n) is 19.8. The molecule has 0 bridgehead atoms. The van der Waals surface area contributed by atoms with Crippen molar-refractivity contribution in [3.05, 3.63) is 71.9 Å². The average Bonchev–Trinajstić information content (AvgIpc) is 2.92. The molecule has 2 aliphatic rings. The maximum Gasteiger partial charge on any atom is 0.272 e. The lowest BCUT2D eigenvalue weighted by atomic mass is 10.0. The van der Waals surface area contributed by atoms with Gasteiger partial charge in [0.25, 0.3) is 23.3 Å². The Kier molecular flexibility index (Phi) is 6.28. The molecule has 1 aromatic heterocycles. The second-order valence-corrected chi connectivity index (χ2v) is 8.45. The van der Waals surface area contributed by atoms with E-state index in [2.05, 4.69) is 28.8 Å². The molecule has 1 fully saturated rings. The molecule has 3 heterocycles. The van der Waals surface area contributed by atoms with Gasteiger partial charge < -0.3 is 25.0 Å². The SMILES string of the molecule is C=C(NC(=O)C(=C)n1cnc2c(-c3ccc4c(c3)OCC(=O)N4)cccc2c1=O)C(=O)N1CCOCC1. The molecule has 5 rings (SSSR count). The lowest BCUT2D eigenvalue weighted by Gasteiger charge is -2.27. The molecule has 0 unspecified atom stereocenters. The van der Waals surface area contributed by atoms with Crippen LogP contribution in [0.3, 0.4) is 0 Å². The lowest BCUT2D eigenvalue weighted by Crippen LogP contribution is -2.44. The number of fused-ring (bicyclic) bond motifs is 2. The maximum absolute atomic E-state index is 13.3. The van der Waals surface area contributed by atoms with E-state index in [1.54, 1.807) is 30.3 Å². The summed E-state index contributed by atoms with van der Waals surface area (Å²) in [6.07, 6.45) is 1.22. The Labute approximate surface area is 211 Å². The van der Waals surface area contributed by atoms with Crippen LogP contribution in [0.25, 0.3) is 27.7 Å². The van der Waals surface area contributed by atoms with E-state index in [-0.39, 0.29) is 29.3 Å². The fourth-order valence-corrected chi connectivity index (χ4v) is 4.15. The summed E-state index contributed by atoms with van der Waals surface area (Å²) in [4.78, 5) is 56.1. The number of rotatable bonds is 5. The first-order valence-corrected chi connectivity index (χ1v) is 11.5. The zero-order valence-corrected chi connectivity index (χ0v) is 19.8. The molecule has 2 aromatic carbocycles.